The Labute approximate surface area is 33.6 Å². The summed E-state index contributed by atoms with van der Waals surface area (Å²) in [5, 5.41) is 0. The molecule has 0 unspecified atom stereocenters. The van der Waals surface area contributed by atoms with Gasteiger partial charge in [0, 0.05) is 0 Å². The monoisotopic (exact) mass is 70.1 g/mol. The van der Waals surface area contributed by atoms with Crippen molar-refractivity contribution in [3.8, 4) is 12.3 Å². The third-order valence-electron chi connectivity index (χ3n) is 0.228. The minimum Gasteiger partial charge on any atom is -0.318 e. The molecule has 1 nitrogen and oxygen atoms in total. The zero-order valence-corrected chi connectivity index (χ0v) is 3.15. The van der Waals surface area contributed by atoms with E-state index in [0.29, 0.717) is 0 Å². The molecule has 1 atom stereocenters. The largest absolute Gasteiger partial charge is 0.318 e. The van der Waals surface area contributed by atoms with Gasteiger partial charge in [0.25, 0.3) is 0 Å². The van der Waals surface area contributed by atoms with E-state index in [1.54, 1.807) is 0 Å². The highest BCUT2D eigenvalue weighted by Gasteiger charge is 1.73. The molecule has 0 saturated carbocycles. The maximum Gasteiger partial charge on any atom is 0.0633 e. The van der Waals surface area contributed by atoms with Crippen LogP contribution in [0.1, 0.15) is 8.29 Å². The van der Waals surface area contributed by atoms with E-state index in [-0.39, 0.29) is 0 Å². The molecule has 0 rings (SSSR count). The summed E-state index contributed by atoms with van der Waals surface area (Å²) in [7, 11) is 0. The van der Waals surface area contributed by atoms with Crippen LogP contribution in [0.5, 0.6) is 0 Å². The fourth-order valence-corrected chi connectivity index (χ4v) is 0. The predicted octanol–water partition coefficient (Wildman–Crippen LogP) is -0.0332. The lowest BCUT2D eigenvalue weighted by Crippen LogP contribution is -2.10. The number of nitrogens with two attached hydrogens (primary N) is 1. The Morgan fingerprint density at radius 1 is 2.40 bits per heavy atom. The van der Waals surface area contributed by atoms with Gasteiger partial charge in [-0.15, -0.1) is 6.42 Å². The second kappa shape index (κ2) is 1.80. The van der Waals surface area contributed by atoms with Crippen LogP contribution < -0.4 is 5.73 Å². The predicted molar refractivity (Wildman–Crippen MR) is 22.5 cm³/mol. The van der Waals surface area contributed by atoms with Crippen LogP contribution in [-0.4, -0.2) is 6.02 Å². The molecule has 0 aliphatic rings. The summed E-state index contributed by atoms with van der Waals surface area (Å²) in [6.45, 7) is 1.45. The maximum absolute atomic E-state index is 6.72. The standard InChI is InChI=1S/C4H7N/c1-3-4(2)5/h1,4H,5H2,2H3/t4-/m0/s1/i4D. The molecule has 1 heteroatoms. The molecule has 0 aromatic heterocycles. The summed E-state index contributed by atoms with van der Waals surface area (Å²) >= 11 is 0. The maximum atomic E-state index is 6.72. The molecule has 0 heterocycles. The first-order valence-corrected chi connectivity index (χ1v) is 1.33. The number of hydrogen-bond acceptors (Lipinski definition) is 1. The highest BCUT2D eigenvalue weighted by Crippen LogP contribution is 1.59. The molecular formula is C4H7N. The molecule has 28 valence electrons. The van der Waals surface area contributed by atoms with Crippen LogP contribution in [-0.2, 0) is 0 Å². The van der Waals surface area contributed by atoms with Gasteiger partial charge in [-0.05, 0) is 6.92 Å². The summed E-state index contributed by atoms with van der Waals surface area (Å²) < 4.78 is 6.72. The van der Waals surface area contributed by atoms with E-state index < -0.39 is 6.02 Å². The lowest BCUT2D eigenvalue weighted by Gasteiger charge is -1.82. The van der Waals surface area contributed by atoms with Crippen molar-refractivity contribution >= 4 is 0 Å². The molecule has 0 aromatic rings. The van der Waals surface area contributed by atoms with Gasteiger partial charge < -0.3 is 5.73 Å². The Hall–Kier alpha value is -0.480. The van der Waals surface area contributed by atoms with Gasteiger partial charge in [0.2, 0.25) is 0 Å². The fourth-order valence-electron chi connectivity index (χ4n) is 0. The first-order chi connectivity index (χ1) is 2.56. The Kier molecular flexibility index (Phi) is 0.989. The van der Waals surface area contributed by atoms with Crippen molar-refractivity contribution < 1.29 is 1.37 Å². The van der Waals surface area contributed by atoms with Crippen LogP contribution in [0.4, 0.5) is 0 Å². The van der Waals surface area contributed by atoms with Crippen molar-refractivity contribution in [2.45, 2.75) is 12.9 Å². The molecule has 0 amide bonds. The van der Waals surface area contributed by atoms with E-state index >= 15 is 0 Å². The van der Waals surface area contributed by atoms with Crippen molar-refractivity contribution in [1.29, 1.82) is 0 Å². The lowest BCUT2D eigenvalue weighted by atomic mass is 10.4. The van der Waals surface area contributed by atoms with E-state index in [1.807, 2.05) is 5.92 Å². The van der Waals surface area contributed by atoms with Gasteiger partial charge in [0.05, 0.1) is 7.39 Å². The fraction of sp³-hybridized carbons (Fsp3) is 0.500. The number of rotatable bonds is 0. The van der Waals surface area contributed by atoms with Crippen molar-refractivity contribution in [2.24, 2.45) is 5.73 Å². The Morgan fingerprint density at radius 2 is 2.60 bits per heavy atom. The molecule has 0 radical (unpaired) electrons. The highest BCUT2D eigenvalue weighted by molar-refractivity contribution is 4.92. The molecule has 0 aliphatic heterocycles. The van der Waals surface area contributed by atoms with Crippen molar-refractivity contribution in [3.63, 3.8) is 0 Å². The van der Waals surface area contributed by atoms with E-state index in [0.717, 1.165) is 0 Å². The second-order valence-corrected chi connectivity index (χ2v) is 0.827. The molecule has 0 spiro atoms. The minimum absolute atomic E-state index is 1.18. The third kappa shape index (κ3) is 3.52. The Morgan fingerprint density at radius 3 is 2.60 bits per heavy atom. The lowest BCUT2D eigenvalue weighted by molar-refractivity contribution is 0.961. The smallest absolute Gasteiger partial charge is 0.0633 e. The van der Waals surface area contributed by atoms with Gasteiger partial charge in [-0.1, -0.05) is 5.92 Å². The average Bonchev–Trinajstić information content (AvgIpc) is 1.35. The third-order valence-corrected chi connectivity index (χ3v) is 0.228. The number of terminal acetylenes is 1. The SMILES string of the molecule is [2H][C@@](C)(N)C#C. The van der Waals surface area contributed by atoms with Crippen LogP contribution in [0.3, 0.4) is 0 Å². The van der Waals surface area contributed by atoms with Crippen LogP contribution >= 0.6 is 0 Å². The summed E-state index contributed by atoms with van der Waals surface area (Å²) in [5.74, 6) is 2.05. The normalized spacial score (nSPS) is 22.2. The zero-order valence-electron chi connectivity index (χ0n) is 4.15. The van der Waals surface area contributed by atoms with Gasteiger partial charge >= 0.3 is 0 Å². The van der Waals surface area contributed by atoms with E-state index in [1.165, 1.54) is 6.92 Å². The van der Waals surface area contributed by atoms with Crippen molar-refractivity contribution in [2.75, 3.05) is 0 Å². The van der Waals surface area contributed by atoms with Gasteiger partial charge in [-0.2, -0.15) is 0 Å². The van der Waals surface area contributed by atoms with Crippen molar-refractivity contribution in [3.05, 3.63) is 0 Å². The summed E-state index contributed by atoms with van der Waals surface area (Å²) in [6, 6.07) is -1.18. The molecular weight excluding hydrogens is 62.1 g/mol. The first-order valence-electron chi connectivity index (χ1n) is 1.83. The molecule has 5 heavy (non-hydrogen) atoms. The van der Waals surface area contributed by atoms with Crippen LogP contribution in [0.15, 0.2) is 0 Å². The quantitative estimate of drug-likeness (QED) is 0.398. The zero-order chi connectivity index (χ0) is 5.21. The Bertz CT molecular complexity index is 74.5. The van der Waals surface area contributed by atoms with E-state index in [2.05, 4.69) is 0 Å². The van der Waals surface area contributed by atoms with Crippen LogP contribution in [0, 0.1) is 12.3 Å². The van der Waals surface area contributed by atoms with Gasteiger partial charge in [-0.3, -0.25) is 0 Å². The summed E-state index contributed by atoms with van der Waals surface area (Å²) in [5.41, 5.74) is 4.97. The number of hydrogen-bond donors (Lipinski definition) is 1. The molecule has 2 N–H and O–H groups in total. The van der Waals surface area contributed by atoms with Gasteiger partial charge in [0.1, 0.15) is 0 Å². The molecule has 0 bridgehead atoms. The summed E-state index contributed by atoms with van der Waals surface area (Å²) in [4.78, 5) is 0. The van der Waals surface area contributed by atoms with Crippen LogP contribution in [0.25, 0.3) is 0 Å². The minimum atomic E-state index is -1.18. The average molecular weight is 70.1 g/mol. The highest BCUT2D eigenvalue weighted by atomic mass is 14.6. The molecule has 0 saturated heterocycles. The van der Waals surface area contributed by atoms with E-state index in [9.17, 15) is 0 Å². The van der Waals surface area contributed by atoms with Crippen LogP contribution in [0.2, 0.25) is 0 Å². The van der Waals surface area contributed by atoms with Gasteiger partial charge in [0.15, 0.2) is 0 Å². The molecule has 0 fully saturated rings. The molecule has 0 aromatic carbocycles. The Balaban J connectivity index is 3.55. The van der Waals surface area contributed by atoms with E-state index in [4.69, 9.17) is 13.5 Å². The second-order valence-electron chi connectivity index (χ2n) is 0.827. The molecule has 0 aliphatic carbocycles. The first kappa shape index (κ1) is 2.74. The summed E-state index contributed by atoms with van der Waals surface area (Å²) in [6.07, 6.45) is 4.74. The van der Waals surface area contributed by atoms with Crippen molar-refractivity contribution in [1.82, 2.24) is 0 Å². The van der Waals surface area contributed by atoms with Gasteiger partial charge in [-0.25, -0.2) is 0 Å². The topological polar surface area (TPSA) is 26.0 Å².